The van der Waals surface area contributed by atoms with Crippen LogP contribution in [0.2, 0.25) is 0 Å². The summed E-state index contributed by atoms with van der Waals surface area (Å²) in [5, 5.41) is 13.1. The van der Waals surface area contributed by atoms with E-state index in [4.69, 9.17) is 4.74 Å². The van der Waals surface area contributed by atoms with E-state index in [0.717, 1.165) is 18.4 Å². The van der Waals surface area contributed by atoms with Crippen molar-refractivity contribution in [2.45, 2.75) is 43.9 Å². The number of rotatable bonds is 5. The summed E-state index contributed by atoms with van der Waals surface area (Å²) in [6.07, 6.45) is 4.93. The molecule has 1 aromatic rings. The van der Waals surface area contributed by atoms with Crippen molar-refractivity contribution in [2.75, 3.05) is 13.7 Å². The maximum Gasteiger partial charge on any atom is 0.0626 e. The first-order chi connectivity index (χ1) is 8.83. The molecule has 2 N–H and O–H groups in total. The van der Waals surface area contributed by atoms with E-state index in [0.29, 0.717) is 12.1 Å². The molecule has 1 fully saturated rings. The van der Waals surface area contributed by atoms with Gasteiger partial charge in [0.1, 0.15) is 0 Å². The lowest BCUT2D eigenvalue weighted by Crippen LogP contribution is -2.40. The van der Waals surface area contributed by atoms with Crippen LogP contribution in [0.5, 0.6) is 0 Å². The van der Waals surface area contributed by atoms with E-state index in [9.17, 15) is 5.11 Å². The van der Waals surface area contributed by atoms with Gasteiger partial charge in [0.25, 0.3) is 0 Å². The second kappa shape index (κ2) is 6.88. The summed E-state index contributed by atoms with van der Waals surface area (Å²) in [6.45, 7) is 0.137. The highest BCUT2D eigenvalue weighted by atomic mass is 16.5. The van der Waals surface area contributed by atoms with Crippen LogP contribution in [0.1, 0.15) is 37.3 Å². The topological polar surface area (TPSA) is 41.5 Å². The Morgan fingerprint density at radius 3 is 2.78 bits per heavy atom. The standard InChI is InChI=1S/C15H23NO2/c1-18-14-9-5-8-13(10-14)16-15(11-17)12-6-3-2-4-7-12/h2-4,6-7,13-17H,5,8-11H2,1H3/t13?,14?,15-/m0/s1. The third-order valence-electron chi connectivity index (χ3n) is 3.78. The molecule has 0 bridgehead atoms. The van der Waals surface area contributed by atoms with Gasteiger partial charge in [-0.25, -0.2) is 0 Å². The van der Waals surface area contributed by atoms with Crippen LogP contribution in [0.3, 0.4) is 0 Å². The molecule has 1 aromatic carbocycles. The van der Waals surface area contributed by atoms with Crippen molar-refractivity contribution < 1.29 is 9.84 Å². The van der Waals surface area contributed by atoms with E-state index in [1.165, 1.54) is 12.8 Å². The van der Waals surface area contributed by atoms with Crippen molar-refractivity contribution in [1.82, 2.24) is 5.32 Å². The Labute approximate surface area is 109 Å². The number of ether oxygens (including phenoxy) is 1. The number of hydrogen-bond donors (Lipinski definition) is 2. The van der Waals surface area contributed by atoms with Crippen LogP contribution < -0.4 is 5.32 Å². The van der Waals surface area contributed by atoms with E-state index in [1.54, 1.807) is 7.11 Å². The number of benzene rings is 1. The minimum atomic E-state index is 0.0341. The highest BCUT2D eigenvalue weighted by Gasteiger charge is 2.24. The van der Waals surface area contributed by atoms with Crippen LogP contribution >= 0.6 is 0 Å². The number of aliphatic hydroxyl groups is 1. The molecule has 1 aliphatic rings. The summed E-state index contributed by atoms with van der Waals surface area (Å²) in [6, 6.07) is 10.6. The van der Waals surface area contributed by atoms with E-state index in [-0.39, 0.29) is 12.6 Å². The minimum Gasteiger partial charge on any atom is -0.394 e. The Hall–Kier alpha value is -0.900. The lowest BCUT2D eigenvalue weighted by atomic mass is 9.91. The van der Waals surface area contributed by atoms with Gasteiger partial charge in [0, 0.05) is 13.2 Å². The maximum atomic E-state index is 9.54. The van der Waals surface area contributed by atoms with Crippen LogP contribution in [0.25, 0.3) is 0 Å². The predicted octanol–water partition coefficient (Wildman–Crippen LogP) is 2.27. The van der Waals surface area contributed by atoms with E-state index in [1.807, 2.05) is 18.2 Å². The van der Waals surface area contributed by atoms with Crippen LogP contribution in [0, 0.1) is 0 Å². The fraction of sp³-hybridized carbons (Fsp3) is 0.600. The molecular formula is C15H23NO2. The molecule has 2 unspecified atom stereocenters. The molecule has 100 valence electrons. The average Bonchev–Trinajstić information content (AvgIpc) is 2.46. The molecule has 1 saturated carbocycles. The second-order valence-electron chi connectivity index (χ2n) is 5.03. The van der Waals surface area contributed by atoms with Crippen LogP contribution in [0.15, 0.2) is 30.3 Å². The van der Waals surface area contributed by atoms with Crippen molar-refractivity contribution in [3.8, 4) is 0 Å². The molecule has 18 heavy (non-hydrogen) atoms. The summed E-state index contributed by atoms with van der Waals surface area (Å²) in [7, 11) is 1.79. The third-order valence-corrected chi connectivity index (χ3v) is 3.78. The van der Waals surface area contributed by atoms with Gasteiger partial charge in [0.05, 0.1) is 18.8 Å². The molecule has 0 aliphatic heterocycles. The first-order valence-corrected chi connectivity index (χ1v) is 6.78. The summed E-state index contributed by atoms with van der Waals surface area (Å²) >= 11 is 0. The lowest BCUT2D eigenvalue weighted by Gasteiger charge is -2.31. The zero-order valence-electron chi connectivity index (χ0n) is 11.0. The Kier molecular flexibility index (Phi) is 5.17. The summed E-state index contributed by atoms with van der Waals surface area (Å²) in [5.41, 5.74) is 1.15. The van der Waals surface area contributed by atoms with Gasteiger partial charge in [0.2, 0.25) is 0 Å². The highest BCUT2D eigenvalue weighted by molar-refractivity contribution is 5.19. The number of aliphatic hydroxyl groups excluding tert-OH is 1. The molecule has 0 spiro atoms. The Morgan fingerprint density at radius 2 is 2.11 bits per heavy atom. The number of hydrogen-bond acceptors (Lipinski definition) is 3. The van der Waals surface area contributed by atoms with E-state index >= 15 is 0 Å². The summed E-state index contributed by atoms with van der Waals surface area (Å²) < 4.78 is 5.44. The fourth-order valence-corrected chi connectivity index (χ4v) is 2.73. The molecule has 3 atom stereocenters. The zero-order valence-corrected chi connectivity index (χ0v) is 11.0. The summed E-state index contributed by atoms with van der Waals surface area (Å²) in [4.78, 5) is 0. The second-order valence-corrected chi connectivity index (χ2v) is 5.03. The Bertz CT molecular complexity index is 342. The largest absolute Gasteiger partial charge is 0.394 e. The van der Waals surface area contributed by atoms with Gasteiger partial charge < -0.3 is 15.2 Å². The number of methoxy groups -OCH3 is 1. The van der Waals surface area contributed by atoms with Crippen molar-refractivity contribution in [2.24, 2.45) is 0 Å². The molecule has 3 nitrogen and oxygen atoms in total. The first kappa shape index (κ1) is 13.5. The van der Waals surface area contributed by atoms with Gasteiger partial charge >= 0.3 is 0 Å². The molecule has 0 heterocycles. The molecule has 0 saturated heterocycles. The van der Waals surface area contributed by atoms with Crippen LogP contribution in [-0.2, 0) is 4.74 Å². The van der Waals surface area contributed by atoms with Crippen molar-refractivity contribution >= 4 is 0 Å². The van der Waals surface area contributed by atoms with Gasteiger partial charge in [0.15, 0.2) is 0 Å². The van der Waals surface area contributed by atoms with Crippen molar-refractivity contribution in [3.05, 3.63) is 35.9 Å². The quantitative estimate of drug-likeness (QED) is 0.841. The van der Waals surface area contributed by atoms with E-state index in [2.05, 4.69) is 17.4 Å². The Balaban J connectivity index is 1.94. The average molecular weight is 249 g/mol. The third kappa shape index (κ3) is 3.55. The molecule has 2 rings (SSSR count). The normalized spacial score (nSPS) is 25.9. The number of nitrogens with one attached hydrogen (secondary N) is 1. The van der Waals surface area contributed by atoms with Gasteiger partial charge in [-0.2, -0.15) is 0 Å². The monoisotopic (exact) mass is 249 g/mol. The smallest absolute Gasteiger partial charge is 0.0626 e. The molecule has 0 aromatic heterocycles. The van der Waals surface area contributed by atoms with Gasteiger partial charge in [-0.3, -0.25) is 0 Å². The lowest BCUT2D eigenvalue weighted by molar-refractivity contribution is 0.0549. The Morgan fingerprint density at radius 1 is 1.33 bits per heavy atom. The van der Waals surface area contributed by atoms with Gasteiger partial charge in [-0.15, -0.1) is 0 Å². The molecule has 0 amide bonds. The first-order valence-electron chi connectivity index (χ1n) is 6.78. The van der Waals surface area contributed by atoms with Gasteiger partial charge in [-0.1, -0.05) is 30.3 Å². The van der Waals surface area contributed by atoms with Crippen LogP contribution in [-0.4, -0.2) is 31.0 Å². The SMILES string of the molecule is COC1CCCC(N[C@@H](CO)c2ccccc2)C1. The maximum absolute atomic E-state index is 9.54. The molecular weight excluding hydrogens is 226 g/mol. The predicted molar refractivity (Wildman–Crippen MR) is 72.5 cm³/mol. The fourth-order valence-electron chi connectivity index (χ4n) is 2.73. The zero-order chi connectivity index (χ0) is 12.8. The van der Waals surface area contributed by atoms with E-state index < -0.39 is 0 Å². The molecule has 0 radical (unpaired) electrons. The minimum absolute atomic E-state index is 0.0341. The summed E-state index contributed by atoms with van der Waals surface area (Å²) in [5.74, 6) is 0. The molecule has 3 heteroatoms. The van der Waals surface area contributed by atoms with Gasteiger partial charge in [-0.05, 0) is 31.2 Å². The van der Waals surface area contributed by atoms with Crippen molar-refractivity contribution in [3.63, 3.8) is 0 Å². The molecule has 1 aliphatic carbocycles. The van der Waals surface area contributed by atoms with Crippen LogP contribution in [0.4, 0.5) is 0 Å². The van der Waals surface area contributed by atoms with Crippen molar-refractivity contribution in [1.29, 1.82) is 0 Å². The highest BCUT2D eigenvalue weighted by Crippen LogP contribution is 2.23.